The van der Waals surface area contributed by atoms with Gasteiger partial charge in [0.2, 0.25) is 5.69 Å². The summed E-state index contributed by atoms with van der Waals surface area (Å²) in [5.74, 6) is -2.02. The summed E-state index contributed by atoms with van der Waals surface area (Å²) < 4.78 is 50.8. The second-order valence-electron chi connectivity index (χ2n) is 10.0. The third kappa shape index (κ3) is 6.21. The molecule has 13 heteroatoms. The van der Waals surface area contributed by atoms with Crippen LogP contribution in [0.2, 0.25) is 0 Å². The normalized spacial score (nSPS) is 16.5. The SMILES string of the molecule is NC(c1c(Oc2ccc(NC(=O)c3cccc(-c4ccc(F)cc4)[n+]3[O-])cc2F)ccnc1N)=[N+]1CCC(F)(CO)CC1. The van der Waals surface area contributed by atoms with Gasteiger partial charge in [0.25, 0.3) is 11.5 Å². The van der Waals surface area contributed by atoms with Crippen LogP contribution in [-0.2, 0) is 0 Å². The number of aliphatic hydroxyl groups is 1. The van der Waals surface area contributed by atoms with Crippen LogP contribution in [0.25, 0.3) is 11.3 Å². The van der Waals surface area contributed by atoms with Crippen molar-refractivity contribution in [3.63, 3.8) is 0 Å². The van der Waals surface area contributed by atoms with E-state index in [1.807, 2.05) is 0 Å². The molecule has 10 nitrogen and oxygen atoms in total. The Balaban J connectivity index is 1.35. The Morgan fingerprint density at radius 2 is 1.79 bits per heavy atom. The molecule has 0 unspecified atom stereocenters. The number of piperidine rings is 1. The summed E-state index contributed by atoms with van der Waals surface area (Å²) in [6, 6.07) is 14.7. The summed E-state index contributed by atoms with van der Waals surface area (Å²) in [6.07, 6.45) is 1.48. The molecular weight excluding hydrogens is 565 g/mol. The highest BCUT2D eigenvalue weighted by Crippen LogP contribution is 2.32. The molecule has 43 heavy (non-hydrogen) atoms. The van der Waals surface area contributed by atoms with E-state index in [9.17, 15) is 23.9 Å². The predicted octanol–water partition coefficient (Wildman–Crippen LogP) is 3.50. The largest absolute Gasteiger partial charge is 0.618 e. The number of nitrogens with zero attached hydrogens (tertiary/aromatic N) is 3. The van der Waals surface area contributed by atoms with Crippen molar-refractivity contribution < 1.29 is 37.1 Å². The summed E-state index contributed by atoms with van der Waals surface area (Å²) in [5, 5.41) is 24.7. The Kier molecular flexibility index (Phi) is 8.17. The number of nitrogens with two attached hydrogens (primary N) is 2. The number of rotatable bonds is 7. The van der Waals surface area contributed by atoms with Gasteiger partial charge in [-0.3, -0.25) is 15.1 Å². The number of anilines is 2. The van der Waals surface area contributed by atoms with E-state index in [-0.39, 0.29) is 71.7 Å². The quantitative estimate of drug-likeness (QED) is 0.145. The van der Waals surface area contributed by atoms with Gasteiger partial charge in [-0.25, -0.2) is 18.2 Å². The molecule has 4 aromatic rings. The number of aromatic nitrogens is 2. The Bertz CT molecular complexity index is 1710. The van der Waals surface area contributed by atoms with Gasteiger partial charge in [0.15, 0.2) is 11.6 Å². The van der Waals surface area contributed by atoms with E-state index in [0.717, 1.165) is 6.07 Å². The highest BCUT2D eigenvalue weighted by atomic mass is 19.1. The summed E-state index contributed by atoms with van der Waals surface area (Å²) in [7, 11) is 0. The number of hydrogen-bond donors (Lipinski definition) is 4. The Hall–Kier alpha value is -5.17. The van der Waals surface area contributed by atoms with Gasteiger partial charge in [-0.05, 0) is 42.5 Å². The fourth-order valence-corrected chi connectivity index (χ4v) is 4.74. The molecule has 0 atom stereocenters. The summed E-state index contributed by atoms with van der Waals surface area (Å²) in [4.78, 5) is 16.9. The maximum atomic E-state index is 15.2. The van der Waals surface area contributed by atoms with Crippen LogP contribution < -0.4 is 26.3 Å². The number of halogens is 3. The third-order valence-electron chi connectivity index (χ3n) is 7.21. The summed E-state index contributed by atoms with van der Waals surface area (Å²) >= 11 is 0. The molecule has 0 saturated carbocycles. The highest BCUT2D eigenvalue weighted by molar-refractivity contribution is 6.02. The first-order chi connectivity index (χ1) is 20.6. The van der Waals surface area contributed by atoms with Gasteiger partial charge in [0.05, 0.1) is 19.7 Å². The number of pyridine rings is 2. The van der Waals surface area contributed by atoms with Crippen LogP contribution in [0.3, 0.4) is 0 Å². The number of alkyl halides is 1. The maximum Gasteiger partial charge on any atom is 0.321 e. The number of carbonyl (C=O) groups excluding carboxylic acids is 1. The number of aliphatic hydroxyl groups excluding tert-OH is 1. The predicted molar refractivity (Wildman–Crippen MR) is 152 cm³/mol. The lowest BCUT2D eigenvalue weighted by Crippen LogP contribution is -2.43. The van der Waals surface area contributed by atoms with Crippen LogP contribution in [0, 0.1) is 16.8 Å². The van der Waals surface area contributed by atoms with Crippen LogP contribution in [0.15, 0.2) is 72.9 Å². The number of nitrogen functional groups attached to an aromatic ring is 1. The van der Waals surface area contributed by atoms with Gasteiger partial charge in [-0.2, -0.15) is 4.73 Å². The van der Waals surface area contributed by atoms with Gasteiger partial charge < -0.3 is 26.1 Å². The van der Waals surface area contributed by atoms with E-state index in [1.54, 1.807) is 4.58 Å². The molecule has 0 spiro atoms. The van der Waals surface area contributed by atoms with E-state index >= 15 is 4.39 Å². The van der Waals surface area contributed by atoms with Crippen molar-refractivity contribution in [2.75, 3.05) is 30.7 Å². The van der Waals surface area contributed by atoms with Crippen molar-refractivity contribution in [3.05, 3.63) is 101 Å². The average Bonchev–Trinajstić information content (AvgIpc) is 2.99. The molecule has 1 amide bonds. The van der Waals surface area contributed by atoms with E-state index in [1.165, 1.54) is 66.9 Å². The number of amides is 1. The van der Waals surface area contributed by atoms with Gasteiger partial charge in [-0.1, -0.05) is 0 Å². The molecule has 0 radical (unpaired) electrons. The maximum absolute atomic E-state index is 15.2. The minimum atomic E-state index is -1.68. The Morgan fingerprint density at radius 3 is 2.47 bits per heavy atom. The van der Waals surface area contributed by atoms with Crippen LogP contribution in [0.5, 0.6) is 11.5 Å². The zero-order chi connectivity index (χ0) is 30.7. The van der Waals surface area contributed by atoms with E-state index in [2.05, 4.69) is 10.3 Å². The monoisotopic (exact) mass is 593 g/mol. The van der Waals surface area contributed by atoms with Crippen molar-refractivity contribution in [2.24, 2.45) is 5.73 Å². The van der Waals surface area contributed by atoms with Gasteiger partial charge in [-0.15, -0.1) is 0 Å². The second-order valence-corrected chi connectivity index (χ2v) is 10.0. The minimum Gasteiger partial charge on any atom is -0.618 e. The molecule has 0 aliphatic carbocycles. The van der Waals surface area contributed by atoms with E-state index < -0.39 is 29.8 Å². The third-order valence-corrected chi connectivity index (χ3v) is 7.21. The Morgan fingerprint density at radius 1 is 1.07 bits per heavy atom. The lowest BCUT2D eigenvalue weighted by molar-refractivity contribution is -0.595. The Labute approximate surface area is 244 Å². The molecule has 1 fully saturated rings. The van der Waals surface area contributed by atoms with E-state index in [0.29, 0.717) is 10.3 Å². The number of amidine groups is 1. The minimum absolute atomic E-state index is 0.0207. The van der Waals surface area contributed by atoms with Crippen molar-refractivity contribution in [3.8, 4) is 22.8 Å². The molecular formula is C30H28F3N6O4+. The molecule has 222 valence electrons. The molecule has 1 saturated heterocycles. The average molecular weight is 594 g/mol. The summed E-state index contributed by atoms with van der Waals surface area (Å²) in [6.45, 7) is -0.148. The smallest absolute Gasteiger partial charge is 0.321 e. The van der Waals surface area contributed by atoms with Crippen molar-refractivity contribution >= 4 is 23.2 Å². The van der Waals surface area contributed by atoms with Crippen molar-refractivity contribution in [2.45, 2.75) is 18.5 Å². The number of benzene rings is 2. The lowest BCUT2D eigenvalue weighted by Gasteiger charge is -2.28. The number of hydrogen-bond acceptors (Lipinski definition) is 6. The first-order valence-corrected chi connectivity index (χ1v) is 13.3. The van der Waals surface area contributed by atoms with Crippen LogP contribution in [-0.4, -0.2) is 51.8 Å². The van der Waals surface area contributed by atoms with Gasteiger partial charge in [0, 0.05) is 54.6 Å². The van der Waals surface area contributed by atoms with Crippen LogP contribution >= 0.6 is 0 Å². The highest BCUT2D eigenvalue weighted by Gasteiger charge is 2.36. The fourth-order valence-electron chi connectivity index (χ4n) is 4.74. The first kappa shape index (κ1) is 29.3. The van der Waals surface area contributed by atoms with Crippen molar-refractivity contribution in [1.82, 2.24) is 4.98 Å². The molecule has 1 aliphatic rings. The summed E-state index contributed by atoms with van der Waals surface area (Å²) in [5.41, 5.74) is 11.3. The second kappa shape index (κ2) is 12.0. The molecule has 3 heterocycles. The molecule has 6 N–H and O–H groups in total. The number of ether oxygens (including phenoxy) is 1. The zero-order valence-electron chi connectivity index (χ0n) is 22.8. The molecule has 0 bridgehead atoms. The molecule has 1 aliphatic heterocycles. The van der Waals surface area contributed by atoms with E-state index in [4.69, 9.17) is 16.2 Å². The van der Waals surface area contributed by atoms with Crippen LogP contribution in [0.1, 0.15) is 28.9 Å². The standard InChI is InChI=1S/C30H27F3N6O4/c31-19-6-4-18(5-7-19)22-2-1-3-23(39(22)42)29(41)37-20-8-9-24(21(32)16-20)43-25-10-13-36-27(34)26(25)28(35)38-14-11-30(33,17-40)12-15-38/h1-10,13,16,40H,11-12,14-15,17H2,(H4,34,35,36,37,41)/p+1. The fraction of sp³-hybridized carbons (Fsp3) is 0.200. The van der Waals surface area contributed by atoms with Crippen molar-refractivity contribution in [1.29, 1.82) is 0 Å². The molecule has 2 aromatic carbocycles. The first-order valence-electron chi connectivity index (χ1n) is 13.3. The van der Waals surface area contributed by atoms with Gasteiger partial charge in [0.1, 0.15) is 28.6 Å². The molecule has 5 rings (SSSR count). The zero-order valence-corrected chi connectivity index (χ0v) is 22.8. The number of nitrogens with one attached hydrogen (secondary N) is 1. The molecule has 2 aromatic heterocycles. The lowest BCUT2D eigenvalue weighted by atomic mass is 9.95. The van der Waals surface area contributed by atoms with Gasteiger partial charge >= 0.3 is 5.91 Å². The topological polar surface area (TPSA) is 153 Å². The van der Waals surface area contributed by atoms with Crippen LogP contribution in [0.4, 0.5) is 24.7 Å². The number of carbonyl (C=O) groups is 1.